The molecule has 2 heterocycles. The predicted octanol–water partition coefficient (Wildman–Crippen LogP) is 5.94. The molecular formula is C33H39ClN6O4. The lowest BCUT2D eigenvalue weighted by Crippen LogP contribution is -2.63. The lowest BCUT2D eigenvalue weighted by atomic mass is 9.52. The molecular weight excluding hydrogens is 580 g/mol. The van der Waals surface area contributed by atoms with Gasteiger partial charge in [-0.2, -0.15) is 5.10 Å². The van der Waals surface area contributed by atoms with Crippen LogP contribution in [0.4, 0.5) is 16.3 Å². The minimum absolute atomic E-state index is 0.196. The van der Waals surface area contributed by atoms with Crippen molar-refractivity contribution in [2.75, 3.05) is 10.6 Å². The number of hydrogen-bond acceptors (Lipinski definition) is 5. The summed E-state index contributed by atoms with van der Waals surface area (Å²) in [6.45, 7) is 11.9. The second-order valence-corrected chi connectivity index (χ2v) is 14.4. The van der Waals surface area contributed by atoms with Crippen LogP contribution in [-0.4, -0.2) is 33.5 Å². The molecule has 5 rings (SSSR count). The first kappa shape index (κ1) is 31.3. The molecule has 1 saturated carbocycles. The fourth-order valence-corrected chi connectivity index (χ4v) is 6.82. The number of hydrogen-bond donors (Lipinski definition) is 4. The smallest absolute Gasteiger partial charge is 0.324 e. The van der Waals surface area contributed by atoms with E-state index in [1.54, 1.807) is 28.9 Å². The van der Waals surface area contributed by atoms with Crippen LogP contribution in [0.2, 0.25) is 5.02 Å². The molecule has 5 amide bonds. The lowest BCUT2D eigenvalue weighted by Gasteiger charge is -2.53. The Morgan fingerprint density at radius 1 is 0.932 bits per heavy atom. The van der Waals surface area contributed by atoms with E-state index >= 15 is 0 Å². The third kappa shape index (κ3) is 6.22. The van der Waals surface area contributed by atoms with E-state index in [2.05, 4.69) is 21.3 Å². The average Bonchev–Trinajstić information content (AvgIpc) is 3.36. The Balaban J connectivity index is 1.34. The summed E-state index contributed by atoms with van der Waals surface area (Å²) < 4.78 is 1.67. The van der Waals surface area contributed by atoms with Crippen molar-refractivity contribution in [3.8, 4) is 5.69 Å². The van der Waals surface area contributed by atoms with Gasteiger partial charge in [0.1, 0.15) is 5.82 Å². The zero-order chi connectivity index (χ0) is 32.1. The summed E-state index contributed by atoms with van der Waals surface area (Å²) in [6.07, 6.45) is 1.15. The van der Waals surface area contributed by atoms with E-state index in [9.17, 15) is 19.2 Å². The van der Waals surface area contributed by atoms with Gasteiger partial charge in [0.25, 0.3) is 0 Å². The van der Waals surface area contributed by atoms with Gasteiger partial charge in [-0.05, 0) is 61.2 Å². The normalized spacial score (nSPS) is 24.8. The van der Waals surface area contributed by atoms with E-state index in [0.29, 0.717) is 41.5 Å². The molecule has 0 spiro atoms. The van der Waals surface area contributed by atoms with Crippen LogP contribution in [-0.2, 0) is 26.3 Å². The third-order valence-corrected chi connectivity index (χ3v) is 8.89. The number of carbonyl (C=O) groups is 4. The van der Waals surface area contributed by atoms with Crippen molar-refractivity contribution in [3.05, 3.63) is 70.9 Å². The van der Waals surface area contributed by atoms with Gasteiger partial charge in [0.05, 0.1) is 11.4 Å². The molecule has 2 bridgehead atoms. The van der Waals surface area contributed by atoms with Crippen LogP contribution in [0.1, 0.15) is 72.1 Å². The number of benzene rings is 2. The summed E-state index contributed by atoms with van der Waals surface area (Å²) in [5.74, 6) is -0.343. The summed E-state index contributed by atoms with van der Waals surface area (Å²) in [7, 11) is 0. The van der Waals surface area contributed by atoms with E-state index in [-0.39, 0.29) is 29.7 Å². The molecule has 10 nitrogen and oxygen atoms in total. The van der Waals surface area contributed by atoms with Gasteiger partial charge in [-0.15, -0.1) is 0 Å². The molecule has 2 fully saturated rings. The molecule has 2 atom stereocenters. The average molecular weight is 619 g/mol. The molecule has 232 valence electrons. The minimum atomic E-state index is -0.884. The van der Waals surface area contributed by atoms with Crippen LogP contribution in [0.25, 0.3) is 5.69 Å². The largest absolute Gasteiger partial charge is 0.352 e. The van der Waals surface area contributed by atoms with Crippen LogP contribution < -0.4 is 21.3 Å². The molecule has 2 aliphatic rings. The standard InChI is InChI=1S/C33H39ClN6O4/c1-30(2,3)24-15-25(37-29(44)36-22-12-10-21(34)11-13-22)40(39-24)23-9-7-8-20(14-23)16-35-26(41)31(4)17-32(5)19-33(6,18-31)28(43)38-27(32)42/h7-15H,16-19H2,1-6H3,(H,35,41)(H2,36,37,44)(H,38,42,43). The Morgan fingerprint density at radius 3 is 2.18 bits per heavy atom. The van der Waals surface area contributed by atoms with Gasteiger partial charge in [-0.3, -0.25) is 25.0 Å². The zero-order valence-corrected chi connectivity index (χ0v) is 26.7. The number of nitrogens with zero attached hydrogens (tertiary/aromatic N) is 2. The monoisotopic (exact) mass is 618 g/mol. The molecule has 3 aromatic rings. The number of piperidine rings is 1. The highest BCUT2D eigenvalue weighted by atomic mass is 35.5. The highest BCUT2D eigenvalue weighted by Crippen LogP contribution is 2.56. The molecule has 1 aliphatic heterocycles. The summed E-state index contributed by atoms with van der Waals surface area (Å²) in [6, 6.07) is 15.8. The quantitative estimate of drug-likeness (QED) is 0.254. The number of fused-ring (bicyclic) bond motifs is 2. The summed E-state index contributed by atoms with van der Waals surface area (Å²) in [5, 5.41) is 16.6. The maximum absolute atomic E-state index is 13.6. The van der Waals surface area contributed by atoms with Crippen molar-refractivity contribution in [2.24, 2.45) is 16.2 Å². The fourth-order valence-electron chi connectivity index (χ4n) is 6.70. The van der Waals surface area contributed by atoms with Crippen molar-refractivity contribution < 1.29 is 19.2 Å². The topological polar surface area (TPSA) is 134 Å². The fraction of sp³-hybridized carbons (Fsp3) is 0.424. The van der Waals surface area contributed by atoms with Gasteiger partial charge in [0, 0.05) is 45.0 Å². The summed E-state index contributed by atoms with van der Waals surface area (Å²) >= 11 is 5.96. The Hall–Kier alpha value is -4.18. The first-order valence-electron chi connectivity index (χ1n) is 14.7. The van der Waals surface area contributed by atoms with Gasteiger partial charge < -0.3 is 10.6 Å². The van der Waals surface area contributed by atoms with Crippen LogP contribution in [0.3, 0.4) is 0 Å². The van der Waals surface area contributed by atoms with Gasteiger partial charge in [-0.1, -0.05) is 65.3 Å². The summed E-state index contributed by atoms with van der Waals surface area (Å²) in [4.78, 5) is 51.9. The Bertz CT molecular complexity index is 1610. The van der Waals surface area contributed by atoms with Crippen LogP contribution in [0.15, 0.2) is 54.6 Å². The number of amides is 5. The molecule has 2 aromatic carbocycles. The van der Waals surface area contributed by atoms with E-state index < -0.39 is 22.3 Å². The third-order valence-electron chi connectivity index (χ3n) is 8.64. The maximum atomic E-state index is 13.6. The molecule has 2 unspecified atom stereocenters. The van der Waals surface area contributed by atoms with E-state index in [4.69, 9.17) is 16.7 Å². The number of rotatable bonds is 6. The van der Waals surface area contributed by atoms with Gasteiger partial charge in [0.15, 0.2) is 0 Å². The molecule has 44 heavy (non-hydrogen) atoms. The molecule has 11 heteroatoms. The first-order chi connectivity index (χ1) is 20.5. The van der Waals surface area contributed by atoms with Crippen molar-refractivity contribution in [3.63, 3.8) is 0 Å². The van der Waals surface area contributed by atoms with Crippen LogP contribution in [0.5, 0.6) is 0 Å². The van der Waals surface area contributed by atoms with Gasteiger partial charge in [0.2, 0.25) is 17.7 Å². The Morgan fingerprint density at radius 2 is 1.57 bits per heavy atom. The second-order valence-electron chi connectivity index (χ2n) is 14.0. The summed E-state index contributed by atoms with van der Waals surface area (Å²) in [5.41, 5.74) is 0.164. The maximum Gasteiger partial charge on any atom is 0.324 e. The highest BCUT2D eigenvalue weighted by molar-refractivity contribution is 6.30. The number of imide groups is 1. The van der Waals surface area contributed by atoms with Gasteiger partial charge >= 0.3 is 6.03 Å². The first-order valence-corrected chi connectivity index (χ1v) is 15.1. The van der Waals surface area contributed by atoms with E-state index in [1.807, 2.05) is 71.9 Å². The number of carbonyl (C=O) groups excluding carboxylic acids is 4. The zero-order valence-electron chi connectivity index (χ0n) is 25.9. The Labute approximate surface area is 262 Å². The lowest BCUT2D eigenvalue weighted by molar-refractivity contribution is -0.164. The number of urea groups is 1. The van der Waals surface area contributed by atoms with Crippen LogP contribution >= 0.6 is 11.6 Å². The van der Waals surface area contributed by atoms with E-state index in [1.165, 1.54) is 0 Å². The molecule has 1 aromatic heterocycles. The van der Waals surface area contributed by atoms with E-state index in [0.717, 1.165) is 11.3 Å². The SMILES string of the molecule is CC1(C(=O)NCc2cccc(-n3nc(C(C)(C)C)cc3NC(=O)Nc3ccc(Cl)cc3)c2)CC2(C)CC(C)(C1)C(=O)NC2=O. The number of nitrogens with one attached hydrogen (secondary N) is 4. The number of aromatic nitrogens is 2. The van der Waals surface area contributed by atoms with Crippen molar-refractivity contribution in [1.82, 2.24) is 20.4 Å². The highest BCUT2D eigenvalue weighted by Gasteiger charge is 2.60. The Kier molecular flexibility index (Phi) is 7.86. The minimum Gasteiger partial charge on any atom is -0.352 e. The molecule has 1 aliphatic carbocycles. The van der Waals surface area contributed by atoms with Crippen molar-refractivity contribution >= 4 is 46.9 Å². The number of anilines is 2. The molecule has 4 N–H and O–H groups in total. The second kappa shape index (κ2) is 11.1. The van der Waals surface area contributed by atoms with Crippen LogP contribution in [0, 0.1) is 16.2 Å². The number of halogens is 1. The predicted molar refractivity (Wildman–Crippen MR) is 170 cm³/mol. The molecule has 0 radical (unpaired) electrons. The van der Waals surface area contributed by atoms with Gasteiger partial charge in [-0.25, -0.2) is 9.48 Å². The molecule has 1 saturated heterocycles. The van der Waals surface area contributed by atoms with Crippen molar-refractivity contribution in [2.45, 2.75) is 72.8 Å². The van der Waals surface area contributed by atoms with Crippen molar-refractivity contribution in [1.29, 1.82) is 0 Å².